The lowest BCUT2D eigenvalue weighted by Crippen LogP contribution is -2.50. The van der Waals surface area contributed by atoms with Gasteiger partial charge in [-0.2, -0.15) is 0 Å². The Balaban J connectivity index is 1.54. The van der Waals surface area contributed by atoms with Gasteiger partial charge in [0.25, 0.3) is 5.91 Å². The molecule has 2 heterocycles. The molecule has 1 fully saturated rings. The molecule has 3 atom stereocenters. The van der Waals surface area contributed by atoms with Crippen LogP contribution in [0, 0.1) is 6.92 Å². The molecule has 1 aliphatic rings. The average molecular weight is 487 g/mol. The van der Waals surface area contributed by atoms with Crippen molar-refractivity contribution in [2.24, 2.45) is 0 Å². The number of likely N-dealkylation sites (tertiary alicyclic amines) is 1. The zero-order chi connectivity index (χ0) is 24.2. The topological polar surface area (TPSA) is 85.2 Å². The van der Waals surface area contributed by atoms with E-state index in [-0.39, 0.29) is 18.1 Å². The average Bonchev–Trinajstić information content (AvgIpc) is 3.34. The maximum absolute atomic E-state index is 14.2. The van der Waals surface area contributed by atoms with Crippen LogP contribution in [-0.2, 0) is 4.74 Å². The highest BCUT2D eigenvalue weighted by molar-refractivity contribution is 6.33. The number of aryl methyl sites for hydroxylation is 1. The quantitative estimate of drug-likeness (QED) is 0.550. The van der Waals surface area contributed by atoms with E-state index in [2.05, 4.69) is 20.8 Å². The fourth-order valence-electron chi connectivity index (χ4n) is 4.28. The van der Waals surface area contributed by atoms with Crippen molar-refractivity contribution in [1.82, 2.24) is 30.4 Å². The van der Waals surface area contributed by atoms with Gasteiger partial charge in [-0.3, -0.25) is 9.69 Å². The minimum atomic E-state index is -1.03. The highest BCUT2D eigenvalue weighted by Crippen LogP contribution is 2.31. The van der Waals surface area contributed by atoms with Crippen LogP contribution in [0.3, 0.4) is 0 Å². The van der Waals surface area contributed by atoms with Crippen molar-refractivity contribution >= 4 is 17.5 Å². The summed E-state index contributed by atoms with van der Waals surface area (Å²) in [6, 6.07) is 11.0. The Hall–Kier alpha value is -2.88. The molecule has 2 aromatic carbocycles. The summed E-state index contributed by atoms with van der Waals surface area (Å²) < 4.78 is 20.9. The summed E-state index contributed by atoms with van der Waals surface area (Å²) in [7, 11) is 1.54. The second kappa shape index (κ2) is 10.6. The molecule has 4 rings (SSSR count). The van der Waals surface area contributed by atoms with Gasteiger partial charge in [0, 0.05) is 48.9 Å². The Bertz CT molecular complexity index is 1140. The van der Waals surface area contributed by atoms with Crippen LogP contribution in [0.2, 0.25) is 5.02 Å². The number of carbonyl (C=O) groups is 1. The Morgan fingerprint density at radius 1 is 1.32 bits per heavy atom. The number of ether oxygens (including phenoxy) is 1. The van der Waals surface area contributed by atoms with E-state index in [1.54, 1.807) is 12.1 Å². The Morgan fingerprint density at radius 3 is 2.82 bits per heavy atom. The SMILES string of the molecule is COC1CCN(CC(C)NC(=O)c2cc(-c3ccc(C)cc3Cl)cc(-n3cnnn3)c2)CC1F. The second-order valence-corrected chi connectivity index (χ2v) is 9.13. The van der Waals surface area contributed by atoms with Crippen molar-refractivity contribution in [1.29, 1.82) is 0 Å². The van der Waals surface area contributed by atoms with Crippen LogP contribution in [-0.4, -0.2) is 76.1 Å². The summed E-state index contributed by atoms with van der Waals surface area (Å²) >= 11 is 6.51. The number of nitrogens with one attached hydrogen (secondary N) is 1. The van der Waals surface area contributed by atoms with Gasteiger partial charge in [0.1, 0.15) is 12.5 Å². The van der Waals surface area contributed by atoms with Crippen molar-refractivity contribution in [2.75, 3.05) is 26.7 Å². The molecule has 8 nitrogen and oxygen atoms in total. The molecular formula is C24H28ClFN6O2. The molecule has 1 aliphatic heterocycles. The Labute approximate surface area is 203 Å². The number of halogens is 2. The predicted molar refractivity (Wildman–Crippen MR) is 128 cm³/mol. The number of hydrogen-bond acceptors (Lipinski definition) is 6. The third kappa shape index (κ3) is 5.60. The van der Waals surface area contributed by atoms with Crippen molar-refractivity contribution < 1.29 is 13.9 Å². The third-order valence-corrected chi connectivity index (χ3v) is 6.32. The molecule has 1 N–H and O–H groups in total. The number of aromatic nitrogens is 4. The standard InChI is InChI=1S/C24H28ClFN6O2/c1-15-4-5-20(21(25)8-15)17-9-18(11-19(10-17)32-14-27-29-30-32)24(33)28-16(2)12-31-7-6-23(34-3)22(26)13-31/h4-5,8-11,14,16,22-23H,6-7,12-13H2,1-3H3,(H,28,33). The largest absolute Gasteiger partial charge is 0.378 e. The van der Waals surface area contributed by atoms with E-state index >= 15 is 0 Å². The van der Waals surface area contributed by atoms with Gasteiger partial charge >= 0.3 is 0 Å². The van der Waals surface area contributed by atoms with E-state index in [0.717, 1.165) is 23.2 Å². The lowest BCUT2D eigenvalue weighted by Gasteiger charge is -2.35. The lowest BCUT2D eigenvalue weighted by atomic mass is 10.00. The Morgan fingerprint density at radius 2 is 2.15 bits per heavy atom. The molecule has 10 heteroatoms. The van der Waals surface area contributed by atoms with Gasteiger partial charge in [-0.15, -0.1) is 5.10 Å². The molecule has 1 aromatic heterocycles. The highest BCUT2D eigenvalue weighted by Gasteiger charge is 2.29. The third-order valence-electron chi connectivity index (χ3n) is 6.01. The molecule has 1 saturated heterocycles. The number of methoxy groups -OCH3 is 1. The monoisotopic (exact) mass is 486 g/mol. The highest BCUT2D eigenvalue weighted by atomic mass is 35.5. The van der Waals surface area contributed by atoms with E-state index in [1.807, 2.05) is 43.0 Å². The van der Waals surface area contributed by atoms with Gasteiger partial charge in [0.2, 0.25) is 0 Å². The summed E-state index contributed by atoms with van der Waals surface area (Å²) in [6.45, 7) is 5.45. The number of benzene rings is 2. The minimum absolute atomic E-state index is 0.179. The van der Waals surface area contributed by atoms with Gasteiger partial charge < -0.3 is 10.1 Å². The summed E-state index contributed by atoms with van der Waals surface area (Å²) in [4.78, 5) is 15.2. The van der Waals surface area contributed by atoms with Crippen LogP contribution in [0.5, 0.6) is 0 Å². The van der Waals surface area contributed by atoms with E-state index in [9.17, 15) is 9.18 Å². The van der Waals surface area contributed by atoms with Crippen molar-refractivity contribution in [3.8, 4) is 16.8 Å². The van der Waals surface area contributed by atoms with Crippen LogP contribution < -0.4 is 5.32 Å². The number of rotatable bonds is 7. The molecule has 0 bridgehead atoms. The number of hydrogen-bond donors (Lipinski definition) is 1. The van der Waals surface area contributed by atoms with Crippen molar-refractivity contribution in [3.05, 3.63) is 58.9 Å². The molecule has 180 valence electrons. The minimum Gasteiger partial charge on any atom is -0.378 e. The molecule has 0 radical (unpaired) electrons. The molecule has 3 aromatic rings. The first-order chi connectivity index (χ1) is 16.3. The molecule has 1 amide bonds. The summed E-state index contributed by atoms with van der Waals surface area (Å²) in [5.41, 5.74) is 3.71. The zero-order valence-electron chi connectivity index (χ0n) is 19.4. The Kier molecular flexibility index (Phi) is 7.55. The molecular weight excluding hydrogens is 459 g/mol. The number of amides is 1. The molecule has 0 saturated carbocycles. The van der Waals surface area contributed by atoms with Gasteiger partial charge in [0.15, 0.2) is 0 Å². The van der Waals surface area contributed by atoms with Crippen LogP contribution in [0.1, 0.15) is 29.3 Å². The van der Waals surface area contributed by atoms with E-state index in [0.29, 0.717) is 35.8 Å². The zero-order valence-corrected chi connectivity index (χ0v) is 20.2. The summed E-state index contributed by atoms with van der Waals surface area (Å²) in [5, 5.41) is 15.0. The van der Waals surface area contributed by atoms with Crippen LogP contribution in [0.15, 0.2) is 42.7 Å². The first-order valence-corrected chi connectivity index (χ1v) is 11.6. The normalized spacial score (nSPS) is 19.7. The van der Waals surface area contributed by atoms with E-state index in [4.69, 9.17) is 16.3 Å². The maximum Gasteiger partial charge on any atom is 0.251 e. The fourth-order valence-corrected chi connectivity index (χ4v) is 4.63. The predicted octanol–water partition coefficient (Wildman–Crippen LogP) is 3.47. The van der Waals surface area contributed by atoms with Crippen molar-refractivity contribution in [2.45, 2.75) is 38.6 Å². The van der Waals surface area contributed by atoms with Crippen LogP contribution >= 0.6 is 11.6 Å². The molecule has 0 aliphatic carbocycles. The number of piperidine rings is 1. The maximum atomic E-state index is 14.2. The lowest BCUT2D eigenvalue weighted by molar-refractivity contribution is -0.0233. The summed E-state index contributed by atoms with van der Waals surface area (Å²) in [5.74, 6) is -0.240. The fraction of sp³-hybridized carbons (Fsp3) is 0.417. The molecule has 0 spiro atoms. The number of alkyl halides is 1. The number of tetrazole rings is 1. The molecule has 3 unspecified atom stereocenters. The van der Waals surface area contributed by atoms with Crippen LogP contribution in [0.4, 0.5) is 4.39 Å². The van der Waals surface area contributed by atoms with Crippen LogP contribution in [0.25, 0.3) is 16.8 Å². The number of nitrogens with zero attached hydrogens (tertiary/aromatic N) is 5. The summed E-state index contributed by atoms with van der Waals surface area (Å²) in [6.07, 6.45) is 0.711. The first-order valence-electron chi connectivity index (χ1n) is 11.2. The first kappa shape index (κ1) is 24.3. The van der Waals surface area contributed by atoms with Gasteiger partial charge in [-0.1, -0.05) is 23.7 Å². The van der Waals surface area contributed by atoms with E-state index < -0.39 is 6.17 Å². The molecule has 34 heavy (non-hydrogen) atoms. The van der Waals surface area contributed by atoms with Gasteiger partial charge in [0.05, 0.1) is 11.8 Å². The smallest absolute Gasteiger partial charge is 0.251 e. The van der Waals surface area contributed by atoms with Gasteiger partial charge in [-0.25, -0.2) is 9.07 Å². The van der Waals surface area contributed by atoms with Gasteiger partial charge in [-0.05, 0) is 66.1 Å². The second-order valence-electron chi connectivity index (χ2n) is 8.72. The number of carbonyl (C=O) groups excluding carboxylic acids is 1. The van der Waals surface area contributed by atoms with Crippen molar-refractivity contribution in [3.63, 3.8) is 0 Å². The van der Waals surface area contributed by atoms with E-state index in [1.165, 1.54) is 18.1 Å².